The number of ether oxygens (including phenoxy) is 1. The molecule has 0 spiro atoms. The van der Waals surface area contributed by atoms with Crippen LogP contribution in [0, 0.1) is 16.7 Å². The van der Waals surface area contributed by atoms with Crippen LogP contribution in [0.15, 0.2) is 24.3 Å². The van der Waals surface area contributed by atoms with Gasteiger partial charge in [0.1, 0.15) is 5.75 Å². The van der Waals surface area contributed by atoms with Gasteiger partial charge in [-0.1, -0.05) is 25.5 Å². The minimum Gasteiger partial charge on any atom is -0.494 e. The molecule has 18 heavy (non-hydrogen) atoms. The van der Waals surface area contributed by atoms with Gasteiger partial charge in [-0.2, -0.15) is 5.26 Å². The van der Waals surface area contributed by atoms with Crippen LogP contribution < -0.4 is 4.74 Å². The van der Waals surface area contributed by atoms with Gasteiger partial charge in [0.25, 0.3) is 0 Å². The molecule has 2 heteroatoms. The summed E-state index contributed by atoms with van der Waals surface area (Å²) in [4.78, 5) is 0. The smallest absolute Gasteiger partial charge is 0.119 e. The second-order valence-electron chi connectivity index (χ2n) is 5.34. The molecule has 0 N–H and O–H groups in total. The average molecular weight is 245 g/mol. The highest BCUT2D eigenvalue weighted by molar-refractivity contribution is 5.27. The first kappa shape index (κ1) is 14.6. The van der Waals surface area contributed by atoms with Crippen molar-refractivity contribution in [1.29, 1.82) is 5.26 Å². The topological polar surface area (TPSA) is 33.0 Å². The lowest BCUT2D eigenvalue weighted by Crippen LogP contribution is -2.13. The second kappa shape index (κ2) is 7.06. The van der Waals surface area contributed by atoms with Crippen molar-refractivity contribution in [3.8, 4) is 11.8 Å². The fraction of sp³-hybridized carbons (Fsp3) is 0.562. The number of nitriles is 1. The summed E-state index contributed by atoms with van der Waals surface area (Å²) in [7, 11) is 0. The minimum absolute atomic E-state index is 0.304. The number of aryl methyl sites for hydroxylation is 1. The molecular formula is C16H23NO. The minimum atomic E-state index is -0.304. The van der Waals surface area contributed by atoms with Crippen molar-refractivity contribution < 1.29 is 4.74 Å². The molecule has 0 bridgehead atoms. The van der Waals surface area contributed by atoms with Crippen LogP contribution in [0.25, 0.3) is 0 Å². The van der Waals surface area contributed by atoms with Crippen molar-refractivity contribution in [3.63, 3.8) is 0 Å². The Kier molecular flexibility index (Phi) is 5.71. The molecule has 0 amide bonds. The van der Waals surface area contributed by atoms with Gasteiger partial charge < -0.3 is 4.74 Å². The maximum Gasteiger partial charge on any atom is 0.119 e. The highest BCUT2D eigenvalue weighted by Gasteiger charge is 2.16. The lowest BCUT2D eigenvalue weighted by molar-refractivity contribution is 0.264. The van der Waals surface area contributed by atoms with E-state index in [4.69, 9.17) is 10.00 Å². The predicted molar refractivity (Wildman–Crippen MR) is 74.6 cm³/mol. The maximum absolute atomic E-state index is 8.90. The molecule has 0 heterocycles. The molecule has 0 aliphatic heterocycles. The largest absolute Gasteiger partial charge is 0.494 e. The second-order valence-corrected chi connectivity index (χ2v) is 5.34. The third kappa shape index (κ3) is 5.23. The Bertz CT molecular complexity index is 387. The van der Waals surface area contributed by atoms with Gasteiger partial charge in [0, 0.05) is 0 Å². The van der Waals surface area contributed by atoms with E-state index in [0.29, 0.717) is 6.61 Å². The van der Waals surface area contributed by atoms with Gasteiger partial charge in [-0.3, -0.25) is 0 Å². The first-order valence-electron chi connectivity index (χ1n) is 6.70. The molecule has 0 aliphatic carbocycles. The van der Waals surface area contributed by atoms with Crippen molar-refractivity contribution in [2.75, 3.05) is 6.61 Å². The zero-order valence-corrected chi connectivity index (χ0v) is 11.7. The molecule has 98 valence electrons. The van der Waals surface area contributed by atoms with Crippen LogP contribution >= 0.6 is 0 Å². The average Bonchev–Trinajstić information content (AvgIpc) is 2.38. The normalized spacial score (nSPS) is 11.0. The first-order chi connectivity index (χ1) is 8.57. The number of benzene rings is 1. The van der Waals surface area contributed by atoms with Crippen molar-refractivity contribution in [2.45, 2.75) is 46.5 Å². The molecule has 0 unspecified atom stereocenters. The standard InChI is InChI=1S/C16H23NO/c1-4-5-6-14-7-9-15(10-8-14)18-12-11-16(2,3)13-17/h7-10H,4-6,11-12H2,1-3H3. The lowest BCUT2D eigenvalue weighted by Gasteiger charge is -2.15. The summed E-state index contributed by atoms with van der Waals surface area (Å²) in [5.74, 6) is 0.893. The zero-order valence-electron chi connectivity index (χ0n) is 11.7. The predicted octanol–water partition coefficient (Wildman–Crippen LogP) is 4.35. The maximum atomic E-state index is 8.90. The lowest BCUT2D eigenvalue weighted by atomic mass is 9.92. The van der Waals surface area contributed by atoms with E-state index in [2.05, 4.69) is 25.1 Å². The summed E-state index contributed by atoms with van der Waals surface area (Å²) in [5.41, 5.74) is 1.06. The molecule has 0 saturated heterocycles. The number of unbranched alkanes of at least 4 members (excludes halogenated alkanes) is 1. The Morgan fingerprint density at radius 3 is 2.44 bits per heavy atom. The highest BCUT2D eigenvalue weighted by atomic mass is 16.5. The molecular weight excluding hydrogens is 222 g/mol. The van der Waals surface area contributed by atoms with E-state index in [1.807, 2.05) is 26.0 Å². The van der Waals surface area contributed by atoms with E-state index in [1.54, 1.807) is 0 Å². The van der Waals surface area contributed by atoms with Crippen LogP contribution in [-0.2, 0) is 6.42 Å². The highest BCUT2D eigenvalue weighted by Crippen LogP contribution is 2.20. The van der Waals surface area contributed by atoms with Gasteiger partial charge in [0.2, 0.25) is 0 Å². The SMILES string of the molecule is CCCCc1ccc(OCCC(C)(C)C#N)cc1. The zero-order chi connectivity index (χ0) is 13.4. The Balaban J connectivity index is 2.38. The van der Waals surface area contributed by atoms with Crippen LogP contribution in [0.3, 0.4) is 0 Å². The molecule has 1 aromatic carbocycles. The fourth-order valence-corrected chi connectivity index (χ4v) is 1.61. The van der Waals surface area contributed by atoms with Crippen LogP contribution in [-0.4, -0.2) is 6.61 Å². The Labute approximate surface area is 111 Å². The van der Waals surface area contributed by atoms with E-state index >= 15 is 0 Å². The molecule has 0 fully saturated rings. The number of nitrogens with zero attached hydrogens (tertiary/aromatic N) is 1. The van der Waals surface area contributed by atoms with Gasteiger partial charge in [0.05, 0.1) is 18.1 Å². The molecule has 0 aromatic heterocycles. The van der Waals surface area contributed by atoms with Crippen LogP contribution in [0.2, 0.25) is 0 Å². The van der Waals surface area contributed by atoms with Gasteiger partial charge in [-0.25, -0.2) is 0 Å². The van der Waals surface area contributed by atoms with Crippen molar-refractivity contribution in [2.24, 2.45) is 5.41 Å². The summed E-state index contributed by atoms with van der Waals surface area (Å²) < 4.78 is 5.65. The van der Waals surface area contributed by atoms with Crippen LogP contribution in [0.4, 0.5) is 0 Å². The number of hydrogen-bond donors (Lipinski definition) is 0. The van der Waals surface area contributed by atoms with E-state index in [1.165, 1.54) is 18.4 Å². The summed E-state index contributed by atoms with van der Waals surface area (Å²) in [5, 5.41) is 8.90. The molecule has 2 nitrogen and oxygen atoms in total. The first-order valence-corrected chi connectivity index (χ1v) is 6.70. The fourth-order valence-electron chi connectivity index (χ4n) is 1.61. The monoisotopic (exact) mass is 245 g/mol. The third-order valence-corrected chi connectivity index (χ3v) is 3.04. The quantitative estimate of drug-likeness (QED) is 0.715. The van der Waals surface area contributed by atoms with Crippen molar-refractivity contribution >= 4 is 0 Å². The molecule has 1 rings (SSSR count). The van der Waals surface area contributed by atoms with Crippen molar-refractivity contribution in [1.82, 2.24) is 0 Å². The summed E-state index contributed by atoms with van der Waals surface area (Å²) in [6, 6.07) is 10.6. The van der Waals surface area contributed by atoms with Crippen LogP contribution in [0.1, 0.15) is 45.6 Å². The van der Waals surface area contributed by atoms with Gasteiger partial charge >= 0.3 is 0 Å². The van der Waals surface area contributed by atoms with Crippen molar-refractivity contribution in [3.05, 3.63) is 29.8 Å². The number of rotatable bonds is 7. The van der Waals surface area contributed by atoms with E-state index in [0.717, 1.165) is 18.6 Å². The van der Waals surface area contributed by atoms with Gasteiger partial charge in [-0.05, 0) is 50.8 Å². The molecule has 0 saturated carbocycles. The Hall–Kier alpha value is -1.49. The third-order valence-electron chi connectivity index (χ3n) is 3.04. The summed E-state index contributed by atoms with van der Waals surface area (Å²) in [6.07, 6.45) is 4.34. The molecule has 0 aliphatic rings. The van der Waals surface area contributed by atoms with E-state index in [-0.39, 0.29) is 5.41 Å². The molecule has 1 aromatic rings. The Morgan fingerprint density at radius 2 is 1.89 bits per heavy atom. The van der Waals surface area contributed by atoms with Gasteiger partial charge in [0.15, 0.2) is 0 Å². The van der Waals surface area contributed by atoms with E-state index < -0.39 is 0 Å². The molecule has 0 radical (unpaired) electrons. The van der Waals surface area contributed by atoms with E-state index in [9.17, 15) is 0 Å². The summed E-state index contributed by atoms with van der Waals surface area (Å²) in [6.45, 7) is 6.66. The van der Waals surface area contributed by atoms with Gasteiger partial charge in [-0.15, -0.1) is 0 Å². The molecule has 0 atom stereocenters. The Morgan fingerprint density at radius 1 is 1.22 bits per heavy atom. The van der Waals surface area contributed by atoms with Crippen LogP contribution in [0.5, 0.6) is 5.75 Å². The summed E-state index contributed by atoms with van der Waals surface area (Å²) >= 11 is 0. The number of hydrogen-bond acceptors (Lipinski definition) is 2.